The minimum atomic E-state index is -0.746. The summed E-state index contributed by atoms with van der Waals surface area (Å²) in [5.74, 6) is -0.261. The van der Waals surface area contributed by atoms with E-state index >= 15 is 0 Å². The number of furan rings is 1. The van der Waals surface area contributed by atoms with Crippen molar-refractivity contribution in [3.8, 4) is 0 Å². The number of hydrogen-bond donors (Lipinski definition) is 1. The molecule has 128 valence electrons. The van der Waals surface area contributed by atoms with Crippen molar-refractivity contribution >= 4 is 5.91 Å². The zero-order valence-corrected chi connectivity index (χ0v) is 13.4. The van der Waals surface area contributed by atoms with Gasteiger partial charge in [0, 0.05) is 25.2 Å². The van der Waals surface area contributed by atoms with Crippen LogP contribution in [-0.4, -0.2) is 33.5 Å². The van der Waals surface area contributed by atoms with Crippen LogP contribution in [0.25, 0.3) is 0 Å². The van der Waals surface area contributed by atoms with Crippen molar-refractivity contribution in [1.82, 2.24) is 9.88 Å². The molecule has 0 bridgehead atoms. The Labute approximate surface area is 140 Å². The lowest BCUT2D eigenvalue weighted by Crippen LogP contribution is -2.41. The van der Waals surface area contributed by atoms with Crippen LogP contribution in [0.15, 0.2) is 41.1 Å². The van der Waals surface area contributed by atoms with Gasteiger partial charge in [-0.2, -0.15) is 4.39 Å². The third kappa shape index (κ3) is 3.82. The fourth-order valence-corrected chi connectivity index (χ4v) is 3.21. The molecule has 3 heterocycles. The van der Waals surface area contributed by atoms with Gasteiger partial charge in [-0.15, -0.1) is 0 Å². The molecule has 0 radical (unpaired) electrons. The number of aliphatic hydroxyl groups is 1. The van der Waals surface area contributed by atoms with Gasteiger partial charge in [-0.25, -0.2) is 4.98 Å². The minimum Gasteiger partial charge on any atom is -0.467 e. The third-order valence-corrected chi connectivity index (χ3v) is 4.48. The summed E-state index contributed by atoms with van der Waals surface area (Å²) in [6.07, 6.45) is 6.30. The van der Waals surface area contributed by atoms with Gasteiger partial charge in [-0.3, -0.25) is 4.79 Å². The molecule has 3 rings (SSSR count). The second kappa shape index (κ2) is 7.57. The van der Waals surface area contributed by atoms with Crippen molar-refractivity contribution in [3.05, 3.63) is 54.0 Å². The molecular weight excluding hydrogens is 311 g/mol. The highest BCUT2D eigenvalue weighted by Gasteiger charge is 2.29. The number of nitrogens with zero attached hydrogens (tertiary/aromatic N) is 2. The maximum Gasteiger partial charge on any atom is 0.255 e. The van der Waals surface area contributed by atoms with Crippen LogP contribution < -0.4 is 0 Å². The van der Waals surface area contributed by atoms with Gasteiger partial charge in [0.1, 0.15) is 11.9 Å². The van der Waals surface area contributed by atoms with Crippen molar-refractivity contribution in [2.75, 3.05) is 6.54 Å². The maximum atomic E-state index is 13.0. The van der Waals surface area contributed by atoms with Crippen LogP contribution in [0.3, 0.4) is 0 Å². The molecule has 2 unspecified atom stereocenters. The van der Waals surface area contributed by atoms with Gasteiger partial charge in [0.15, 0.2) is 0 Å². The first-order valence-electron chi connectivity index (χ1n) is 8.29. The number of rotatable bonds is 4. The van der Waals surface area contributed by atoms with E-state index in [0.29, 0.717) is 24.3 Å². The molecule has 0 aromatic carbocycles. The zero-order valence-electron chi connectivity index (χ0n) is 13.4. The molecule has 24 heavy (non-hydrogen) atoms. The number of amides is 1. The highest BCUT2D eigenvalue weighted by Crippen LogP contribution is 2.27. The minimum absolute atomic E-state index is 0.0786. The van der Waals surface area contributed by atoms with Gasteiger partial charge in [-0.05, 0) is 37.1 Å². The van der Waals surface area contributed by atoms with Crippen molar-refractivity contribution in [3.63, 3.8) is 0 Å². The summed E-state index contributed by atoms with van der Waals surface area (Å²) in [5, 5.41) is 10.4. The van der Waals surface area contributed by atoms with Gasteiger partial charge in [0.2, 0.25) is 5.95 Å². The summed E-state index contributed by atoms with van der Waals surface area (Å²) in [7, 11) is 0. The standard InChI is InChI=1S/C18H21FN2O3/c19-17-8-7-13(12-20-17)18(23)21-9-3-1-2-5-14(21)11-15(22)16-6-4-10-24-16/h4,6-8,10,12,14-15,22H,1-3,5,9,11H2. The van der Waals surface area contributed by atoms with E-state index in [-0.39, 0.29) is 11.9 Å². The molecule has 6 heteroatoms. The summed E-state index contributed by atoms with van der Waals surface area (Å²) >= 11 is 0. The molecule has 0 spiro atoms. The summed E-state index contributed by atoms with van der Waals surface area (Å²) in [6.45, 7) is 0.631. The average molecular weight is 332 g/mol. The van der Waals surface area contributed by atoms with E-state index in [1.54, 1.807) is 17.0 Å². The van der Waals surface area contributed by atoms with E-state index in [4.69, 9.17) is 4.42 Å². The highest BCUT2D eigenvalue weighted by atomic mass is 19.1. The lowest BCUT2D eigenvalue weighted by molar-refractivity contribution is 0.0557. The van der Waals surface area contributed by atoms with Crippen molar-refractivity contribution in [1.29, 1.82) is 0 Å². The Bertz CT molecular complexity index is 657. The third-order valence-electron chi connectivity index (χ3n) is 4.48. The van der Waals surface area contributed by atoms with Crippen LogP contribution in [0, 0.1) is 5.95 Å². The maximum absolute atomic E-state index is 13.0. The van der Waals surface area contributed by atoms with Gasteiger partial charge in [-0.1, -0.05) is 12.8 Å². The first-order valence-corrected chi connectivity index (χ1v) is 8.29. The van der Waals surface area contributed by atoms with Crippen LogP contribution >= 0.6 is 0 Å². The van der Waals surface area contributed by atoms with Crippen LogP contribution in [0.2, 0.25) is 0 Å². The Morgan fingerprint density at radius 1 is 1.38 bits per heavy atom. The monoisotopic (exact) mass is 332 g/mol. The van der Waals surface area contributed by atoms with Crippen molar-refractivity contribution < 1.29 is 18.7 Å². The average Bonchev–Trinajstić information content (AvgIpc) is 3.03. The number of likely N-dealkylation sites (tertiary alicyclic amines) is 1. The number of aliphatic hydroxyl groups excluding tert-OH is 1. The molecule has 2 aromatic rings. The first-order chi connectivity index (χ1) is 11.6. The van der Waals surface area contributed by atoms with E-state index in [0.717, 1.165) is 25.7 Å². The van der Waals surface area contributed by atoms with E-state index in [1.165, 1.54) is 24.6 Å². The highest BCUT2D eigenvalue weighted by molar-refractivity contribution is 5.94. The molecule has 0 saturated carbocycles. The summed E-state index contributed by atoms with van der Waals surface area (Å²) < 4.78 is 18.2. The number of carbonyl (C=O) groups excluding carboxylic acids is 1. The number of hydrogen-bond acceptors (Lipinski definition) is 4. The quantitative estimate of drug-likeness (QED) is 0.872. The molecule has 2 aromatic heterocycles. The lowest BCUT2D eigenvalue weighted by Gasteiger charge is -2.31. The van der Waals surface area contributed by atoms with E-state index in [1.807, 2.05) is 0 Å². The van der Waals surface area contributed by atoms with Crippen LogP contribution in [0.5, 0.6) is 0 Å². The largest absolute Gasteiger partial charge is 0.467 e. The summed E-state index contributed by atoms with van der Waals surface area (Å²) in [4.78, 5) is 18.2. The SMILES string of the molecule is O=C(c1ccc(F)nc1)N1CCCCCC1CC(O)c1ccco1. The van der Waals surface area contributed by atoms with E-state index < -0.39 is 12.1 Å². The van der Waals surface area contributed by atoms with Gasteiger partial charge >= 0.3 is 0 Å². The van der Waals surface area contributed by atoms with E-state index in [9.17, 15) is 14.3 Å². The number of carbonyl (C=O) groups is 1. The molecular formula is C18H21FN2O3. The van der Waals surface area contributed by atoms with Crippen LogP contribution in [-0.2, 0) is 0 Å². The predicted molar refractivity (Wildman–Crippen MR) is 85.8 cm³/mol. The molecule has 0 aliphatic carbocycles. The van der Waals surface area contributed by atoms with Crippen LogP contribution in [0.4, 0.5) is 4.39 Å². The Morgan fingerprint density at radius 3 is 2.96 bits per heavy atom. The molecule has 1 fully saturated rings. The number of aromatic nitrogens is 1. The fourth-order valence-electron chi connectivity index (χ4n) is 3.21. The first kappa shape index (κ1) is 16.6. The Hall–Kier alpha value is -2.21. The van der Waals surface area contributed by atoms with Crippen molar-refractivity contribution in [2.45, 2.75) is 44.2 Å². The Balaban J connectivity index is 1.76. The molecule has 1 N–H and O–H groups in total. The lowest BCUT2D eigenvalue weighted by atomic mass is 10.0. The smallest absolute Gasteiger partial charge is 0.255 e. The molecule has 1 aliphatic rings. The zero-order chi connectivity index (χ0) is 16.9. The molecule has 1 aliphatic heterocycles. The number of halogens is 1. The van der Waals surface area contributed by atoms with Gasteiger partial charge in [0.25, 0.3) is 5.91 Å². The summed E-state index contributed by atoms with van der Waals surface area (Å²) in [6, 6.07) is 6.04. The van der Waals surface area contributed by atoms with E-state index in [2.05, 4.69) is 4.98 Å². The van der Waals surface area contributed by atoms with Gasteiger partial charge in [0.05, 0.1) is 11.8 Å². The number of pyridine rings is 1. The Morgan fingerprint density at radius 2 is 2.25 bits per heavy atom. The second-order valence-corrected chi connectivity index (χ2v) is 6.14. The normalized spacial score (nSPS) is 19.8. The topological polar surface area (TPSA) is 66.6 Å². The summed E-state index contributed by atoms with van der Waals surface area (Å²) in [5.41, 5.74) is 0.371. The fraction of sp³-hybridized carbons (Fsp3) is 0.444. The molecule has 2 atom stereocenters. The van der Waals surface area contributed by atoms with Crippen molar-refractivity contribution in [2.24, 2.45) is 0 Å². The molecule has 1 amide bonds. The Kier molecular flexibility index (Phi) is 5.25. The molecule has 5 nitrogen and oxygen atoms in total. The predicted octanol–water partition coefficient (Wildman–Crippen LogP) is 3.32. The second-order valence-electron chi connectivity index (χ2n) is 6.14. The van der Waals surface area contributed by atoms with Crippen LogP contribution in [0.1, 0.15) is 54.3 Å². The molecule has 1 saturated heterocycles. The van der Waals surface area contributed by atoms with Gasteiger partial charge < -0.3 is 14.4 Å².